The second kappa shape index (κ2) is 12.2. The van der Waals surface area contributed by atoms with Gasteiger partial charge in [0.15, 0.2) is 5.82 Å². The molecule has 33 heavy (non-hydrogen) atoms. The molecule has 2 rings (SSSR count). The Morgan fingerprint density at radius 3 is 2.45 bits per heavy atom. The van der Waals surface area contributed by atoms with Crippen molar-refractivity contribution >= 4 is 30.1 Å². The van der Waals surface area contributed by atoms with Gasteiger partial charge < -0.3 is 10.6 Å². The first kappa shape index (κ1) is 26.2. The lowest BCUT2D eigenvalue weighted by Gasteiger charge is -2.15. The second-order valence-corrected chi connectivity index (χ2v) is 8.63. The minimum Gasteiger partial charge on any atom is -0.338 e. The van der Waals surface area contributed by atoms with Crippen LogP contribution in [0.2, 0.25) is 0 Å². The van der Waals surface area contributed by atoms with Crippen molar-refractivity contribution in [1.29, 1.82) is 0 Å². The molecule has 0 atom stereocenters. The van der Waals surface area contributed by atoms with Crippen LogP contribution in [0.25, 0.3) is 11.1 Å². The number of pyridine rings is 1. The number of carbonyl (C=O) groups excluding carboxylic acids is 1. The number of benzene rings is 1. The Kier molecular flexibility index (Phi) is 9.70. The number of anilines is 1. The Labute approximate surface area is 196 Å². The first-order valence-corrected chi connectivity index (χ1v) is 11.6. The third-order valence-electron chi connectivity index (χ3n) is 5.44. The number of nitrogens with zero attached hydrogens (tertiary/aromatic N) is 3. The summed E-state index contributed by atoms with van der Waals surface area (Å²) in [6.45, 7) is 16.0. The number of aryl methyl sites for hydroxylation is 3. The number of aromatic nitrogens is 1. The van der Waals surface area contributed by atoms with Crippen molar-refractivity contribution in [3.63, 3.8) is 0 Å². The number of rotatable bonds is 9. The molecule has 0 aliphatic carbocycles. The van der Waals surface area contributed by atoms with E-state index in [1.54, 1.807) is 6.07 Å². The fourth-order valence-electron chi connectivity index (χ4n) is 3.51. The van der Waals surface area contributed by atoms with E-state index < -0.39 is 11.8 Å². The van der Waals surface area contributed by atoms with Crippen molar-refractivity contribution in [2.24, 2.45) is 15.9 Å². The maximum absolute atomic E-state index is 14.6. The standard InChI is InChI=1S/C26H36FN5O/c1-8-9-10-11-12-29-26(33)31-23-15-20(17(4)14-22(23)27)21-13-18(5)25(30-19(21)6)32-24(28-7)16(2)3/h13-16H,7-12H2,1-6H3,(H2,29,31,33)/b32-24-. The van der Waals surface area contributed by atoms with Crippen LogP contribution in [-0.4, -0.2) is 30.1 Å². The van der Waals surface area contributed by atoms with Gasteiger partial charge in [-0.2, -0.15) is 0 Å². The lowest BCUT2D eigenvalue weighted by Crippen LogP contribution is -2.29. The highest BCUT2D eigenvalue weighted by atomic mass is 19.1. The van der Waals surface area contributed by atoms with Gasteiger partial charge in [0.1, 0.15) is 11.7 Å². The molecule has 2 amide bonds. The van der Waals surface area contributed by atoms with Gasteiger partial charge in [0, 0.05) is 23.7 Å². The number of carbonyl (C=O) groups is 1. The van der Waals surface area contributed by atoms with E-state index in [4.69, 9.17) is 0 Å². The number of hydrogen-bond donors (Lipinski definition) is 2. The van der Waals surface area contributed by atoms with Crippen LogP contribution in [0.15, 0.2) is 28.2 Å². The lowest BCUT2D eigenvalue weighted by molar-refractivity contribution is 0.251. The van der Waals surface area contributed by atoms with E-state index in [2.05, 4.69) is 39.2 Å². The molecule has 1 heterocycles. The minimum absolute atomic E-state index is 0.134. The summed E-state index contributed by atoms with van der Waals surface area (Å²) >= 11 is 0. The summed E-state index contributed by atoms with van der Waals surface area (Å²) in [5, 5.41) is 5.44. The average molecular weight is 454 g/mol. The Balaban J connectivity index is 2.31. The lowest BCUT2D eigenvalue weighted by atomic mass is 9.97. The Bertz CT molecular complexity index is 1030. The molecule has 6 nitrogen and oxygen atoms in total. The van der Waals surface area contributed by atoms with E-state index in [1.165, 1.54) is 6.07 Å². The predicted molar refractivity (Wildman–Crippen MR) is 136 cm³/mol. The zero-order valence-electron chi connectivity index (χ0n) is 20.7. The van der Waals surface area contributed by atoms with E-state index in [0.29, 0.717) is 18.2 Å². The minimum atomic E-state index is -0.473. The summed E-state index contributed by atoms with van der Waals surface area (Å²) in [5.74, 6) is 0.879. The molecule has 0 spiro atoms. The number of halogens is 1. The number of amidine groups is 1. The molecule has 1 aromatic carbocycles. The molecular weight excluding hydrogens is 417 g/mol. The topological polar surface area (TPSA) is 78.7 Å². The van der Waals surface area contributed by atoms with Crippen LogP contribution >= 0.6 is 0 Å². The summed E-state index contributed by atoms with van der Waals surface area (Å²) < 4.78 is 14.6. The number of hydrogen-bond acceptors (Lipinski definition) is 3. The van der Waals surface area contributed by atoms with Crippen molar-refractivity contribution in [3.05, 3.63) is 40.8 Å². The summed E-state index contributed by atoms with van der Waals surface area (Å²) in [7, 11) is 0. The van der Waals surface area contributed by atoms with Crippen LogP contribution in [0.5, 0.6) is 0 Å². The number of nitrogens with one attached hydrogen (secondary N) is 2. The largest absolute Gasteiger partial charge is 0.338 e. The van der Waals surface area contributed by atoms with Gasteiger partial charge in [-0.1, -0.05) is 40.0 Å². The Morgan fingerprint density at radius 2 is 1.82 bits per heavy atom. The van der Waals surface area contributed by atoms with Crippen LogP contribution in [0.1, 0.15) is 63.3 Å². The average Bonchev–Trinajstić information content (AvgIpc) is 2.75. The molecule has 0 bridgehead atoms. The zero-order chi connectivity index (χ0) is 24.5. The number of unbranched alkanes of at least 4 members (excludes halogenated alkanes) is 3. The monoisotopic (exact) mass is 453 g/mol. The quantitative estimate of drug-likeness (QED) is 0.246. The molecule has 0 radical (unpaired) electrons. The normalized spacial score (nSPS) is 11.6. The van der Waals surface area contributed by atoms with Crippen LogP contribution in [0, 0.1) is 32.5 Å². The van der Waals surface area contributed by atoms with Crippen molar-refractivity contribution in [2.75, 3.05) is 11.9 Å². The fourth-order valence-corrected chi connectivity index (χ4v) is 3.51. The van der Waals surface area contributed by atoms with Gasteiger partial charge in [-0.15, -0.1) is 0 Å². The van der Waals surface area contributed by atoms with Crippen molar-refractivity contribution in [2.45, 2.75) is 67.2 Å². The zero-order valence-corrected chi connectivity index (χ0v) is 20.7. The highest BCUT2D eigenvalue weighted by Gasteiger charge is 2.15. The van der Waals surface area contributed by atoms with Crippen LogP contribution < -0.4 is 10.6 Å². The first-order valence-electron chi connectivity index (χ1n) is 11.6. The third-order valence-corrected chi connectivity index (χ3v) is 5.44. The van der Waals surface area contributed by atoms with Crippen molar-refractivity contribution < 1.29 is 9.18 Å². The molecule has 0 aliphatic rings. The van der Waals surface area contributed by atoms with Gasteiger partial charge in [-0.3, -0.25) is 0 Å². The van der Waals surface area contributed by atoms with Crippen LogP contribution in [0.3, 0.4) is 0 Å². The van der Waals surface area contributed by atoms with E-state index in [-0.39, 0.29) is 11.6 Å². The molecule has 0 fully saturated rings. The number of amides is 2. The highest BCUT2D eigenvalue weighted by molar-refractivity contribution is 5.91. The summed E-state index contributed by atoms with van der Waals surface area (Å²) in [4.78, 5) is 25.5. The molecule has 0 saturated heterocycles. The molecule has 7 heteroatoms. The third kappa shape index (κ3) is 7.20. The van der Waals surface area contributed by atoms with Gasteiger partial charge in [0.05, 0.1) is 5.69 Å². The van der Waals surface area contributed by atoms with Gasteiger partial charge in [-0.05, 0) is 68.8 Å². The molecule has 1 aromatic heterocycles. The molecule has 2 N–H and O–H groups in total. The first-order chi connectivity index (χ1) is 15.7. The molecular formula is C26H36FN5O. The van der Waals surface area contributed by atoms with Gasteiger partial charge in [-0.25, -0.2) is 24.2 Å². The number of aliphatic imine (C=N–C) groups is 2. The van der Waals surface area contributed by atoms with Crippen molar-refractivity contribution in [3.8, 4) is 11.1 Å². The smallest absolute Gasteiger partial charge is 0.319 e. The van der Waals surface area contributed by atoms with Crippen LogP contribution in [-0.2, 0) is 0 Å². The summed E-state index contributed by atoms with van der Waals surface area (Å²) in [6.07, 6.45) is 4.24. The maximum atomic E-state index is 14.6. The molecule has 0 aliphatic heterocycles. The Hall–Kier alpha value is -3.09. The van der Waals surface area contributed by atoms with E-state index >= 15 is 0 Å². The SMILES string of the molecule is C=N/C(=N\c1nc(C)c(-c2cc(NC(=O)NCCCCCC)c(F)cc2C)cc1C)C(C)C. The summed E-state index contributed by atoms with van der Waals surface area (Å²) in [5.41, 5.74) is 4.20. The maximum Gasteiger partial charge on any atom is 0.319 e. The molecule has 2 aromatic rings. The Morgan fingerprint density at radius 1 is 1.09 bits per heavy atom. The van der Waals surface area contributed by atoms with Gasteiger partial charge >= 0.3 is 6.03 Å². The van der Waals surface area contributed by atoms with E-state index in [1.807, 2.05) is 40.7 Å². The van der Waals surface area contributed by atoms with Crippen molar-refractivity contribution in [1.82, 2.24) is 10.3 Å². The molecule has 0 unspecified atom stereocenters. The van der Waals surface area contributed by atoms with Crippen LogP contribution in [0.4, 0.5) is 20.7 Å². The van der Waals surface area contributed by atoms with Gasteiger partial charge in [0.25, 0.3) is 0 Å². The second-order valence-electron chi connectivity index (χ2n) is 8.63. The fraction of sp³-hybridized carbons (Fsp3) is 0.462. The van der Waals surface area contributed by atoms with E-state index in [9.17, 15) is 9.18 Å². The molecule has 178 valence electrons. The molecule has 0 saturated carbocycles. The number of urea groups is 1. The van der Waals surface area contributed by atoms with E-state index in [0.717, 1.165) is 53.6 Å². The summed E-state index contributed by atoms with van der Waals surface area (Å²) in [6, 6.07) is 4.68. The highest BCUT2D eigenvalue weighted by Crippen LogP contribution is 2.33. The van der Waals surface area contributed by atoms with Gasteiger partial charge in [0.2, 0.25) is 0 Å². The predicted octanol–water partition coefficient (Wildman–Crippen LogP) is 6.90.